The topological polar surface area (TPSA) is 69.6 Å². The van der Waals surface area contributed by atoms with Gasteiger partial charge < -0.3 is 5.73 Å². The second kappa shape index (κ2) is 5.56. The maximum atomic E-state index is 6.19. The van der Waals surface area contributed by atoms with Crippen LogP contribution in [0, 0.1) is 0 Å². The summed E-state index contributed by atoms with van der Waals surface area (Å²) in [5, 5.41) is 9.91. The molecule has 6 heteroatoms. The maximum absolute atomic E-state index is 6.19. The normalized spacial score (nSPS) is 11.1. The van der Waals surface area contributed by atoms with Crippen LogP contribution in [0.15, 0.2) is 36.7 Å². The van der Waals surface area contributed by atoms with Crippen LogP contribution in [-0.2, 0) is 6.42 Å². The van der Waals surface area contributed by atoms with Gasteiger partial charge in [-0.05, 0) is 43.7 Å². The van der Waals surface area contributed by atoms with Crippen LogP contribution >= 0.6 is 11.6 Å². The van der Waals surface area contributed by atoms with Gasteiger partial charge in [0.2, 0.25) is 0 Å². The fraction of sp³-hybridized carbons (Fsp3) is 0.214. The van der Waals surface area contributed by atoms with Gasteiger partial charge in [0, 0.05) is 11.6 Å². The van der Waals surface area contributed by atoms with Crippen molar-refractivity contribution in [3.05, 3.63) is 47.4 Å². The first-order chi connectivity index (χ1) is 9.79. The number of rotatable bonds is 4. The largest absolute Gasteiger partial charge is 0.330 e. The van der Waals surface area contributed by atoms with Crippen LogP contribution in [0.3, 0.4) is 0 Å². The van der Waals surface area contributed by atoms with Gasteiger partial charge in [-0.3, -0.25) is 4.98 Å². The molecule has 0 spiro atoms. The zero-order valence-corrected chi connectivity index (χ0v) is 11.6. The van der Waals surface area contributed by atoms with Crippen LogP contribution in [0.1, 0.15) is 12.1 Å². The van der Waals surface area contributed by atoms with Crippen molar-refractivity contribution in [2.75, 3.05) is 6.54 Å². The van der Waals surface area contributed by atoms with Gasteiger partial charge in [-0.2, -0.15) is 0 Å². The Hall–Kier alpha value is -1.98. The fourth-order valence-corrected chi connectivity index (χ4v) is 2.34. The summed E-state index contributed by atoms with van der Waals surface area (Å²) in [6.07, 6.45) is 5.38. The average molecular weight is 288 g/mol. The quantitative estimate of drug-likeness (QED) is 0.800. The average Bonchev–Trinajstić information content (AvgIpc) is 2.94. The highest BCUT2D eigenvalue weighted by Crippen LogP contribution is 2.26. The molecule has 5 nitrogen and oxygen atoms in total. The molecule has 0 fully saturated rings. The molecule has 0 amide bonds. The number of aryl methyl sites for hydroxylation is 1. The molecule has 0 radical (unpaired) electrons. The SMILES string of the molecule is NCCCc1cn(-c2ccc(Cl)c3cccnc23)nn1. The third-order valence-electron chi connectivity index (χ3n) is 3.12. The number of benzene rings is 1. The van der Waals surface area contributed by atoms with E-state index in [-0.39, 0.29) is 0 Å². The van der Waals surface area contributed by atoms with E-state index in [1.165, 1.54) is 0 Å². The first-order valence-corrected chi connectivity index (χ1v) is 6.82. The lowest BCUT2D eigenvalue weighted by atomic mass is 10.2. The lowest BCUT2D eigenvalue weighted by Crippen LogP contribution is -2.00. The summed E-state index contributed by atoms with van der Waals surface area (Å²) in [5.74, 6) is 0. The minimum Gasteiger partial charge on any atom is -0.330 e. The van der Waals surface area contributed by atoms with Gasteiger partial charge in [0.25, 0.3) is 0 Å². The second-order valence-corrected chi connectivity index (χ2v) is 4.92. The smallest absolute Gasteiger partial charge is 0.0974 e. The Labute approximate surface area is 121 Å². The van der Waals surface area contributed by atoms with E-state index in [1.807, 2.05) is 30.5 Å². The lowest BCUT2D eigenvalue weighted by molar-refractivity contribution is 0.780. The molecule has 0 saturated heterocycles. The summed E-state index contributed by atoms with van der Waals surface area (Å²) in [7, 11) is 0. The number of halogens is 1. The van der Waals surface area contributed by atoms with Crippen molar-refractivity contribution in [3.63, 3.8) is 0 Å². The van der Waals surface area contributed by atoms with Gasteiger partial charge >= 0.3 is 0 Å². The van der Waals surface area contributed by atoms with Crippen LogP contribution < -0.4 is 5.73 Å². The highest BCUT2D eigenvalue weighted by Gasteiger charge is 2.09. The molecule has 20 heavy (non-hydrogen) atoms. The van der Waals surface area contributed by atoms with Crippen molar-refractivity contribution in [3.8, 4) is 5.69 Å². The Morgan fingerprint density at radius 3 is 3.00 bits per heavy atom. The number of nitrogens with two attached hydrogens (primary N) is 1. The summed E-state index contributed by atoms with van der Waals surface area (Å²) in [6.45, 7) is 0.651. The van der Waals surface area contributed by atoms with Gasteiger partial charge in [0.1, 0.15) is 0 Å². The molecule has 0 aliphatic rings. The standard InChI is InChI=1S/C14H14ClN5/c15-12-5-6-13(14-11(12)4-2-8-17-14)20-9-10(18-19-20)3-1-7-16/h2,4-6,8-9H,1,3,7,16H2. The summed E-state index contributed by atoms with van der Waals surface area (Å²) in [6, 6.07) is 7.56. The Morgan fingerprint density at radius 2 is 2.15 bits per heavy atom. The number of aromatic nitrogens is 4. The predicted octanol–water partition coefficient (Wildman–Crippen LogP) is 2.36. The number of nitrogens with zero attached hydrogens (tertiary/aromatic N) is 4. The van der Waals surface area contributed by atoms with Crippen molar-refractivity contribution < 1.29 is 0 Å². The van der Waals surface area contributed by atoms with Gasteiger partial charge in [-0.15, -0.1) is 5.10 Å². The molecule has 3 aromatic rings. The summed E-state index contributed by atoms with van der Waals surface area (Å²) in [4.78, 5) is 4.40. The number of hydrogen-bond donors (Lipinski definition) is 1. The molecule has 2 aromatic heterocycles. The van der Waals surface area contributed by atoms with Crippen molar-refractivity contribution >= 4 is 22.5 Å². The Morgan fingerprint density at radius 1 is 1.25 bits per heavy atom. The predicted molar refractivity (Wildman–Crippen MR) is 79.0 cm³/mol. The van der Waals surface area contributed by atoms with Crippen molar-refractivity contribution in [2.45, 2.75) is 12.8 Å². The molecular formula is C14H14ClN5. The van der Waals surface area contributed by atoms with Crippen LogP contribution in [0.5, 0.6) is 0 Å². The summed E-state index contributed by atoms with van der Waals surface area (Å²) < 4.78 is 1.73. The van der Waals surface area contributed by atoms with Crippen molar-refractivity contribution in [1.82, 2.24) is 20.0 Å². The first kappa shape index (κ1) is 13.0. The van der Waals surface area contributed by atoms with Gasteiger partial charge in [0.15, 0.2) is 0 Å². The summed E-state index contributed by atoms with van der Waals surface area (Å²) in [5.41, 5.74) is 8.12. The second-order valence-electron chi connectivity index (χ2n) is 4.51. The number of hydrogen-bond acceptors (Lipinski definition) is 4. The summed E-state index contributed by atoms with van der Waals surface area (Å²) >= 11 is 6.19. The van der Waals surface area contributed by atoms with E-state index in [0.717, 1.165) is 35.1 Å². The molecular weight excluding hydrogens is 274 g/mol. The molecule has 2 heterocycles. The maximum Gasteiger partial charge on any atom is 0.0974 e. The molecule has 2 N–H and O–H groups in total. The molecule has 3 rings (SSSR count). The third kappa shape index (κ3) is 2.37. The highest BCUT2D eigenvalue weighted by atomic mass is 35.5. The first-order valence-electron chi connectivity index (χ1n) is 6.44. The molecule has 0 saturated carbocycles. The monoisotopic (exact) mass is 287 g/mol. The van der Waals surface area contributed by atoms with E-state index in [2.05, 4.69) is 15.3 Å². The molecule has 0 atom stereocenters. The van der Waals surface area contributed by atoms with E-state index in [1.54, 1.807) is 10.9 Å². The van der Waals surface area contributed by atoms with Crippen molar-refractivity contribution in [1.29, 1.82) is 0 Å². The molecule has 102 valence electrons. The Bertz CT molecular complexity index is 737. The van der Waals surface area contributed by atoms with E-state index in [9.17, 15) is 0 Å². The molecule has 0 aliphatic heterocycles. The third-order valence-corrected chi connectivity index (χ3v) is 3.45. The van der Waals surface area contributed by atoms with E-state index in [0.29, 0.717) is 11.6 Å². The molecule has 0 aliphatic carbocycles. The fourth-order valence-electron chi connectivity index (χ4n) is 2.12. The minimum atomic E-state index is 0.651. The Kier molecular flexibility index (Phi) is 3.62. The van der Waals surface area contributed by atoms with Crippen LogP contribution in [0.25, 0.3) is 16.6 Å². The molecule has 0 unspecified atom stereocenters. The lowest BCUT2D eigenvalue weighted by Gasteiger charge is -2.06. The molecule has 0 bridgehead atoms. The number of pyridine rings is 1. The van der Waals surface area contributed by atoms with Gasteiger partial charge in [-0.1, -0.05) is 16.8 Å². The van der Waals surface area contributed by atoms with Crippen LogP contribution in [0.4, 0.5) is 0 Å². The zero-order valence-electron chi connectivity index (χ0n) is 10.8. The minimum absolute atomic E-state index is 0.651. The Balaban J connectivity index is 2.06. The van der Waals surface area contributed by atoms with E-state index in [4.69, 9.17) is 17.3 Å². The molecule has 1 aromatic carbocycles. The van der Waals surface area contributed by atoms with Gasteiger partial charge in [0.05, 0.1) is 28.1 Å². The van der Waals surface area contributed by atoms with Crippen molar-refractivity contribution in [2.24, 2.45) is 5.73 Å². The van der Waals surface area contributed by atoms with Gasteiger partial charge in [-0.25, -0.2) is 4.68 Å². The highest BCUT2D eigenvalue weighted by molar-refractivity contribution is 6.35. The van der Waals surface area contributed by atoms with Crippen LogP contribution in [-0.4, -0.2) is 26.5 Å². The zero-order chi connectivity index (χ0) is 13.9. The number of fused-ring (bicyclic) bond motifs is 1. The van der Waals surface area contributed by atoms with E-state index >= 15 is 0 Å². The van der Waals surface area contributed by atoms with Crippen LogP contribution in [0.2, 0.25) is 5.02 Å². The van der Waals surface area contributed by atoms with E-state index < -0.39 is 0 Å².